The van der Waals surface area contributed by atoms with Crippen LogP contribution in [0.1, 0.15) is 25.7 Å². The maximum absolute atomic E-state index is 11.3. The Morgan fingerprint density at radius 2 is 1.65 bits per heavy atom. The third-order valence-electron chi connectivity index (χ3n) is 3.49. The van der Waals surface area contributed by atoms with Crippen molar-refractivity contribution in [1.29, 1.82) is 0 Å². The molecule has 0 spiro atoms. The Bertz CT molecular complexity index is 292. The minimum absolute atomic E-state index is 0. The van der Waals surface area contributed by atoms with E-state index in [-0.39, 0.29) is 23.0 Å². The van der Waals surface area contributed by atoms with Gasteiger partial charge in [-0.2, -0.15) is 0 Å². The van der Waals surface area contributed by atoms with Crippen molar-refractivity contribution in [3.05, 3.63) is 63.2 Å². The standard InChI is InChI=1S/C12H13O2.C5H5.Fe/c13-8-10-4-2-6-12(10)9-3-1-5-11(14)7-9;1-2-4-5-3-1;/h2,4,6,8-9H,1,3,5,7H2;1-5H;/q;;+2. The Balaban J connectivity index is 0.000000283. The molecular formula is C17H18FeO2+2. The molecule has 0 aromatic rings. The van der Waals surface area contributed by atoms with Crippen LogP contribution in [0.2, 0.25) is 0 Å². The van der Waals surface area contributed by atoms with E-state index in [1.54, 1.807) is 0 Å². The van der Waals surface area contributed by atoms with E-state index in [2.05, 4.69) is 0 Å². The Kier molecular flexibility index (Phi) is 8.72. The van der Waals surface area contributed by atoms with Gasteiger partial charge in [0.1, 0.15) is 12.1 Å². The van der Waals surface area contributed by atoms with Crippen molar-refractivity contribution in [2.45, 2.75) is 25.7 Å². The van der Waals surface area contributed by atoms with Crippen molar-refractivity contribution in [2.75, 3.05) is 0 Å². The fraction of sp³-hybridized carbons (Fsp3) is 0.294. The minimum Gasteiger partial charge on any atom is -0.303 e. The quantitative estimate of drug-likeness (QED) is 0.580. The number of Topliss-reactive ketones (excluding diaryl/α,β-unsaturated/α-hetero) is 1. The van der Waals surface area contributed by atoms with Crippen LogP contribution < -0.4 is 0 Å². The van der Waals surface area contributed by atoms with Crippen molar-refractivity contribution < 1.29 is 26.7 Å². The molecule has 1 atom stereocenters. The first-order chi connectivity index (χ1) is 9.31. The van der Waals surface area contributed by atoms with E-state index < -0.39 is 0 Å². The van der Waals surface area contributed by atoms with E-state index in [0.29, 0.717) is 18.6 Å². The van der Waals surface area contributed by atoms with Crippen LogP contribution in [0.4, 0.5) is 0 Å². The third kappa shape index (κ3) is 5.33. The first kappa shape index (κ1) is 17.9. The van der Waals surface area contributed by atoms with Gasteiger partial charge in [0.2, 0.25) is 0 Å². The van der Waals surface area contributed by atoms with E-state index in [9.17, 15) is 9.59 Å². The van der Waals surface area contributed by atoms with Crippen LogP contribution in [-0.2, 0) is 26.7 Å². The fourth-order valence-electron chi connectivity index (χ4n) is 2.54. The molecular weight excluding hydrogens is 292 g/mol. The molecule has 3 saturated carbocycles. The smallest absolute Gasteiger partial charge is 0.303 e. The maximum atomic E-state index is 11.3. The molecule has 10 radical (unpaired) electrons. The van der Waals surface area contributed by atoms with Crippen molar-refractivity contribution >= 4 is 12.1 Å². The average Bonchev–Trinajstić information content (AvgIpc) is 3.13. The van der Waals surface area contributed by atoms with Crippen LogP contribution in [0.15, 0.2) is 0 Å². The van der Waals surface area contributed by atoms with Crippen LogP contribution in [-0.4, -0.2) is 12.1 Å². The van der Waals surface area contributed by atoms with Crippen LogP contribution >= 0.6 is 0 Å². The van der Waals surface area contributed by atoms with Gasteiger partial charge < -0.3 is 4.79 Å². The van der Waals surface area contributed by atoms with Gasteiger partial charge in [0.05, 0.1) is 0 Å². The summed E-state index contributed by atoms with van der Waals surface area (Å²) in [5.74, 6) is 2.43. The molecule has 0 aromatic carbocycles. The molecule has 3 rings (SSSR count). The molecule has 3 fully saturated rings. The Hall–Kier alpha value is -0.141. The third-order valence-corrected chi connectivity index (χ3v) is 3.49. The average molecular weight is 310 g/mol. The van der Waals surface area contributed by atoms with Crippen LogP contribution in [0.25, 0.3) is 0 Å². The van der Waals surface area contributed by atoms with E-state index in [0.717, 1.165) is 31.0 Å². The molecule has 0 aromatic heterocycles. The molecule has 3 aliphatic carbocycles. The normalized spacial score (nSPS) is 27.6. The summed E-state index contributed by atoms with van der Waals surface area (Å²) in [5, 5.41) is 0. The number of carbonyl (C=O) groups is 2. The number of rotatable bonds is 2. The molecule has 0 aliphatic heterocycles. The summed E-state index contributed by atoms with van der Waals surface area (Å²) < 4.78 is 0. The second-order valence-electron chi connectivity index (χ2n) is 4.85. The van der Waals surface area contributed by atoms with Crippen molar-refractivity contribution in [2.24, 2.45) is 5.92 Å². The molecule has 0 saturated heterocycles. The predicted octanol–water partition coefficient (Wildman–Crippen LogP) is 2.74. The second-order valence-corrected chi connectivity index (χ2v) is 4.85. The van der Waals surface area contributed by atoms with Gasteiger partial charge in [-0.3, -0.25) is 4.79 Å². The van der Waals surface area contributed by atoms with Gasteiger partial charge in [-0.05, 0) is 76.0 Å². The topological polar surface area (TPSA) is 34.1 Å². The van der Waals surface area contributed by atoms with Gasteiger partial charge >= 0.3 is 17.1 Å². The first-order valence-electron chi connectivity index (χ1n) is 6.70. The summed E-state index contributed by atoms with van der Waals surface area (Å²) in [6.45, 7) is 0. The zero-order valence-corrected chi connectivity index (χ0v) is 12.4. The SMILES string of the molecule is O=C[C]1[CH][CH][CH][C]1C1CCCC(=O)C1.[CH]1[CH][CH][CH][CH]1.[Fe+2]. The van der Waals surface area contributed by atoms with Crippen molar-refractivity contribution in [3.8, 4) is 0 Å². The summed E-state index contributed by atoms with van der Waals surface area (Å²) in [7, 11) is 0. The molecule has 0 amide bonds. The molecule has 0 N–H and O–H groups in total. The number of carbonyl (C=O) groups excluding carboxylic acids is 2. The number of ketones is 1. The summed E-state index contributed by atoms with van der Waals surface area (Å²) in [5.41, 5.74) is 0. The van der Waals surface area contributed by atoms with Crippen LogP contribution in [0.5, 0.6) is 0 Å². The fourth-order valence-corrected chi connectivity index (χ4v) is 2.54. The van der Waals surface area contributed by atoms with Gasteiger partial charge in [0.25, 0.3) is 0 Å². The number of hydrogen-bond donors (Lipinski definition) is 0. The Morgan fingerprint density at radius 3 is 2.20 bits per heavy atom. The van der Waals surface area contributed by atoms with Gasteiger partial charge in [-0.25, -0.2) is 0 Å². The number of aldehydes is 1. The molecule has 20 heavy (non-hydrogen) atoms. The summed E-state index contributed by atoms with van der Waals surface area (Å²) in [6, 6.07) is 0. The van der Waals surface area contributed by atoms with Crippen LogP contribution in [0.3, 0.4) is 0 Å². The Morgan fingerprint density at radius 1 is 1.00 bits per heavy atom. The maximum Gasteiger partial charge on any atom is 2.00 e. The summed E-state index contributed by atoms with van der Waals surface area (Å²) in [6.07, 6.45) is 19.9. The van der Waals surface area contributed by atoms with E-state index in [4.69, 9.17) is 0 Å². The van der Waals surface area contributed by atoms with Gasteiger partial charge in [0.15, 0.2) is 0 Å². The van der Waals surface area contributed by atoms with Crippen molar-refractivity contribution in [1.82, 2.24) is 0 Å². The summed E-state index contributed by atoms with van der Waals surface area (Å²) >= 11 is 0. The van der Waals surface area contributed by atoms with Crippen LogP contribution in [0, 0.1) is 69.1 Å². The minimum atomic E-state index is 0. The van der Waals surface area contributed by atoms with Gasteiger partial charge in [-0.1, -0.05) is 0 Å². The first-order valence-corrected chi connectivity index (χ1v) is 6.70. The second kappa shape index (κ2) is 9.73. The monoisotopic (exact) mass is 310 g/mol. The summed E-state index contributed by atoms with van der Waals surface area (Å²) in [4.78, 5) is 22.0. The molecule has 0 bridgehead atoms. The van der Waals surface area contributed by atoms with E-state index >= 15 is 0 Å². The van der Waals surface area contributed by atoms with Gasteiger partial charge in [0, 0.05) is 18.8 Å². The van der Waals surface area contributed by atoms with Crippen molar-refractivity contribution in [3.63, 3.8) is 0 Å². The zero-order chi connectivity index (χ0) is 13.5. The van der Waals surface area contributed by atoms with E-state index in [1.165, 1.54) is 0 Å². The molecule has 3 heteroatoms. The molecule has 2 nitrogen and oxygen atoms in total. The van der Waals surface area contributed by atoms with Gasteiger partial charge in [-0.15, -0.1) is 0 Å². The molecule has 104 valence electrons. The predicted molar refractivity (Wildman–Crippen MR) is 73.9 cm³/mol. The van der Waals surface area contributed by atoms with E-state index in [1.807, 2.05) is 51.4 Å². The Labute approximate surface area is 133 Å². The largest absolute Gasteiger partial charge is 2.00 e. The number of hydrogen-bond acceptors (Lipinski definition) is 2. The molecule has 3 aliphatic rings. The zero-order valence-electron chi connectivity index (χ0n) is 11.3. The molecule has 1 unspecified atom stereocenters. The molecule has 0 heterocycles.